The average molecular weight is 316 g/mol. The maximum atomic E-state index is 12.0. The number of unbranched alkanes of at least 4 members (excludes halogenated alkanes) is 1. The van der Waals surface area contributed by atoms with Crippen LogP contribution < -0.4 is 22.1 Å². The van der Waals surface area contributed by atoms with Crippen molar-refractivity contribution in [3.63, 3.8) is 0 Å². The number of hydrogen-bond donors (Lipinski definition) is 5. The summed E-state index contributed by atoms with van der Waals surface area (Å²) in [5, 5.41) is 14.0. The van der Waals surface area contributed by atoms with Gasteiger partial charge < -0.3 is 27.2 Å². The van der Waals surface area contributed by atoms with Crippen molar-refractivity contribution >= 4 is 17.8 Å². The van der Waals surface area contributed by atoms with E-state index in [0.717, 1.165) is 0 Å². The zero-order chi connectivity index (χ0) is 17.3. The fourth-order valence-electron chi connectivity index (χ4n) is 1.72. The Morgan fingerprint density at radius 3 is 2.09 bits per heavy atom. The predicted molar refractivity (Wildman–Crippen MR) is 82.9 cm³/mol. The first-order valence-electron chi connectivity index (χ1n) is 7.49. The summed E-state index contributed by atoms with van der Waals surface area (Å²) in [6.45, 7) is 5.55. The number of carboxylic acids is 1. The smallest absolute Gasteiger partial charge is 0.326 e. The van der Waals surface area contributed by atoms with Crippen molar-refractivity contribution in [3.8, 4) is 0 Å². The van der Waals surface area contributed by atoms with E-state index in [0.29, 0.717) is 25.8 Å². The second-order valence-electron chi connectivity index (χ2n) is 5.68. The lowest BCUT2D eigenvalue weighted by Crippen LogP contribution is -2.54. The van der Waals surface area contributed by atoms with Crippen LogP contribution in [0.5, 0.6) is 0 Å². The first kappa shape index (κ1) is 20.3. The maximum Gasteiger partial charge on any atom is 0.326 e. The molecule has 0 aliphatic heterocycles. The Balaban J connectivity index is 4.47. The third-order valence-electron chi connectivity index (χ3n) is 3.33. The number of aliphatic carboxylic acids is 1. The van der Waals surface area contributed by atoms with Crippen molar-refractivity contribution in [3.05, 3.63) is 0 Å². The molecule has 7 N–H and O–H groups in total. The Morgan fingerprint density at radius 1 is 1.05 bits per heavy atom. The molecule has 2 amide bonds. The molecule has 0 saturated carbocycles. The van der Waals surface area contributed by atoms with E-state index >= 15 is 0 Å². The molecule has 0 radical (unpaired) electrons. The fourth-order valence-corrected chi connectivity index (χ4v) is 1.72. The van der Waals surface area contributed by atoms with Crippen LogP contribution in [0.15, 0.2) is 0 Å². The van der Waals surface area contributed by atoms with E-state index < -0.39 is 35.9 Å². The average Bonchev–Trinajstić information content (AvgIpc) is 2.44. The molecule has 0 aliphatic carbocycles. The second kappa shape index (κ2) is 10.1. The van der Waals surface area contributed by atoms with Gasteiger partial charge in [-0.05, 0) is 38.6 Å². The summed E-state index contributed by atoms with van der Waals surface area (Å²) in [4.78, 5) is 34.9. The normalized spacial score (nSPS) is 15.0. The highest BCUT2D eigenvalue weighted by Gasteiger charge is 2.25. The summed E-state index contributed by atoms with van der Waals surface area (Å²) in [5.41, 5.74) is 11.0. The van der Waals surface area contributed by atoms with Gasteiger partial charge in [-0.15, -0.1) is 0 Å². The monoisotopic (exact) mass is 316 g/mol. The summed E-state index contributed by atoms with van der Waals surface area (Å²) in [6.07, 6.45) is 1.59. The number of carbonyl (C=O) groups is 3. The van der Waals surface area contributed by atoms with E-state index in [2.05, 4.69) is 10.6 Å². The van der Waals surface area contributed by atoms with Gasteiger partial charge in [0.25, 0.3) is 0 Å². The summed E-state index contributed by atoms with van der Waals surface area (Å²) in [7, 11) is 0. The first-order chi connectivity index (χ1) is 10.2. The third-order valence-corrected chi connectivity index (χ3v) is 3.33. The van der Waals surface area contributed by atoms with E-state index in [1.807, 2.05) is 0 Å². The number of amides is 2. The lowest BCUT2D eigenvalue weighted by Gasteiger charge is -2.21. The van der Waals surface area contributed by atoms with Crippen molar-refractivity contribution in [2.75, 3.05) is 6.54 Å². The van der Waals surface area contributed by atoms with E-state index in [1.165, 1.54) is 6.92 Å². The highest BCUT2D eigenvalue weighted by molar-refractivity contribution is 5.91. The van der Waals surface area contributed by atoms with Crippen molar-refractivity contribution in [1.29, 1.82) is 0 Å². The zero-order valence-electron chi connectivity index (χ0n) is 13.5. The molecule has 0 rings (SSSR count). The lowest BCUT2D eigenvalue weighted by molar-refractivity contribution is -0.142. The van der Waals surface area contributed by atoms with Crippen molar-refractivity contribution in [1.82, 2.24) is 10.6 Å². The highest BCUT2D eigenvalue weighted by atomic mass is 16.4. The summed E-state index contributed by atoms with van der Waals surface area (Å²) < 4.78 is 0. The van der Waals surface area contributed by atoms with Gasteiger partial charge in [0.2, 0.25) is 11.8 Å². The molecular weight excluding hydrogens is 288 g/mol. The van der Waals surface area contributed by atoms with E-state index in [4.69, 9.17) is 16.6 Å². The van der Waals surface area contributed by atoms with E-state index in [-0.39, 0.29) is 5.92 Å². The lowest BCUT2D eigenvalue weighted by atomic mass is 10.0. The SMILES string of the molecule is CC(NC(=O)C(N)C(C)C)C(=O)NC(CCCCN)C(=O)O. The van der Waals surface area contributed by atoms with Crippen LogP contribution in [-0.4, -0.2) is 47.6 Å². The molecule has 8 heteroatoms. The fraction of sp³-hybridized carbons (Fsp3) is 0.786. The second-order valence-corrected chi connectivity index (χ2v) is 5.68. The molecule has 0 aromatic rings. The molecule has 0 aromatic carbocycles. The number of hydrogen-bond acceptors (Lipinski definition) is 5. The Bertz CT molecular complexity index is 387. The van der Waals surface area contributed by atoms with Gasteiger partial charge >= 0.3 is 5.97 Å². The van der Waals surface area contributed by atoms with Gasteiger partial charge in [0, 0.05) is 0 Å². The Labute approximate surface area is 131 Å². The van der Waals surface area contributed by atoms with Gasteiger partial charge in [-0.3, -0.25) is 9.59 Å². The molecule has 3 unspecified atom stereocenters. The Hall–Kier alpha value is -1.67. The molecule has 0 aliphatic rings. The van der Waals surface area contributed by atoms with Crippen LogP contribution in [-0.2, 0) is 14.4 Å². The van der Waals surface area contributed by atoms with Gasteiger partial charge in [-0.1, -0.05) is 13.8 Å². The van der Waals surface area contributed by atoms with Crippen LogP contribution >= 0.6 is 0 Å². The molecule has 3 atom stereocenters. The quantitative estimate of drug-likeness (QED) is 0.332. The third kappa shape index (κ3) is 7.37. The minimum Gasteiger partial charge on any atom is -0.480 e. The van der Waals surface area contributed by atoms with E-state index in [9.17, 15) is 14.4 Å². The van der Waals surface area contributed by atoms with Crippen LogP contribution in [0.2, 0.25) is 0 Å². The highest BCUT2D eigenvalue weighted by Crippen LogP contribution is 2.02. The van der Waals surface area contributed by atoms with Gasteiger partial charge in [0.05, 0.1) is 6.04 Å². The molecule has 128 valence electrons. The zero-order valence-corrected chi connectivity index (χ0v) is 13.5. The van der Waals surface area contributed by atoms with E-state index in [1.54, 1.807) is 13.8 Å². The largest absolute Gasteiger partial charge is 0.480 e. The Kier molecular flexibility index (Phi) is 9.35. The first-order valence-corrected chi connectivity index (χ1v) is 7.49. The van der Waals surface area contributed by atoms with Crippen molar-refractivity contribution in [2.45, 2.75) is 58.2 Å². The molecule has 0 saturated heterocycles. The predicted octanol–water partition coefficient (Wildman–Crippen LogP) is -0.827. The molecule has 0 aromatic heterocycles. The van der Waals surface area contributed by atoms with Crippen LogP contribution in [0.4, 0.5) is 0 Å². The maximum absolute atomic E-state index is 12.0. The number of carboxylic acid groups (broad SMARTS) is 1. The van der Waals surface area contributed by atoms with Gasteiger partial charge in [-0.2, -0.15) is 0 Å². The molecule has 0 heterocycles. The summed E-state index contributed by atoms with van der Waals surface area (Å²) in [6, 6.07) is -2.55. The van der Waals surface area contributed by atoms with Gasteiger partial charge in [-0.25, -0.2) is 4.79 Å². The molecular formula is C14H28N4O4. The summed E-state index contributed by atoms with van der Waals surface area (Å²) >= 11 is 0. The minimum absolute atomic E-state index is 0.0571. The molecule has 0 fully saturated rings. The van der Waals surface area contributed by atoms with Crippen LogP contribution in [0, 0.1) is 5.92 Å². The number of nitrogens with two attached hydrogens (primary N) is 2. The summed E-state index contributed by atoms with van der Waals surface area (Å²) in [5.74, 6) is -2.15. The molecule has 22 heavy (non-hydrogen) atoms. The molecule has 8 nitrogen and oxygen atoms in total. The number of rotatable bonds is 10. The van der Waals surface area contributed by atoms with Crippen molar-refractivity contribution < 1.29 is 19.5 Å². The van der Waals surface area contributed by atoms with Crippen LogP contribution in [0.25, 0.3) is 0 Å². The van der Waals surface area contributed by atoms with Crippen LogP contribution in [0.3, 0.4) is 0 Å². The Morgan fingerprint density at radius 2 is 1.64 bits per heavy atom. The number of nitrogens with one attached hydrogen (secondary N) is 2. The standard InChI is InChI=1S/C14H28N4O4/c1-8(2)11(16)13(20)17-9(3)12(19)18-10(14(21)22)6-4-5-7-15/h8-11H,4-7,15-16H2,1-3H3,(H,17,20)(H,18,19)(H,21,22). The van der Waals surface area contributed by atoms with Crippen LogP contribution in [0.1, 0.15) is 40.0 Å². The number of carbonyl (C=O) groups excluding carboxylic acids is 2. The minimum atomic E-state index is -1.11. The topological polar surface area (TPSA) is 148 Å². The molecule has 0 spiro atoms. The molecule has 0 bridgehead atoms. The van der Waals surface area contributed by atoms with Crippen molar-refractivity contribution in [2.24, 2.45) is 17.4 Å². The van der Waals surface area contributed by atoms with Gasteiger partial charge in [0.1, 0.15) is 12.1 Å². The van der Waals surface area contributed by atoms with Gasteiger partial charge in [0.15, 0.2) is 0 Å².